The summed E-state index contributed by atoms with van der Waals surface area (Å²) < 4.78 is 5.08. The SMILES string of the molecule is CCC(c1ccnc(OC)c1)C(C)Cl. The van der Waals surface area contributed by atoms with Gasteiger partial charge in [0.1, 0.15) is 0 Å². The Morgan fingerprint density at radius 3 is 2.79 bits per heavy atom. The molecule has 1 rings (SSSR count). The van der Waals surface area contributed by atoms with Crippen LogP contribution in [0.1, 0.15) is 31.7 Å². The molecule has 0 aliphatic carbocycles. The molecule has 0 saturated carbocycles. The third-order valence-electron chi connectivity index (χ3n) is 2.39. The van der Waals surface area contributed by atoms with E-state index in [1.54, 1.807) is 13.3 Å². The summed E-state index contributed by atoms with van der Waals surface area (Å²) in [7, 11) is 1.62. The summed E-state index contributed by atoms with van der Waals surface area (Å²) in [6, 6.07) is 3.95. The first-order valence-corrected chi connectivity index (χ1v) is 5.26. The highest BCUT2D eigenvalue weighted by molar-refractivity contribution is 6.20. The highest BCUT2D eigenvalue weighted by Crippen LogP contribution is 2.28. The van der Waals surface area contributed by atoms with Gasteiger partial charge in [-0.05, 0) is 30.9 Å². The predicted molar refractivity (Wildman–Crippen MR) is 59.1 cm³/mol. The molecule has 0 aliphatic rings. The maximum atomic E-state index is 6.11. The standard InChI is InChI=1S/C11H16ClNO/c1-4-10(8(2)12)9-5-6-13-11(7-9)14-3/h5-8,10H,4H2,1-3H3. The molecule has 0 N–H and O–H groups in total. The molecule has 0 aliphatic heterocycles. The van der Waals surface area contributed by atoms with Gasteiger partial charge in [0.2, 0.25) is 5.88 Å². The molecule has 2 atom stereocenters. The molecular weight excluding hydrogens is 198 g/mol. The van der Waals surface area contributed by atoms with Crippen molar-refractivity contribution in [3.8, 4) is 5.88 Å². The molecule has 0 fully saturated rings. The summed E-state index contributed by atoms with van der Waals surface area (Å²) in [5.74, 6) is 1.02. The lowest BCUT2D eigenvalue weighted by Crippen LogP contribution is -2.08. The second-order valence-corrected chi connectivity index (χ2v) is 4.01. The monoisotopic (exact) mass is 213 g/mol. The van der Waals surface area contributed by atoms with Crippen molar-refractivity contribution in [2.24, 2.45) is 0 Å². The van der Waals surface area contributed by atoms with E-state index in [4.69, 9.17) is 16.3 Å². The van der Waals surface area contributed by atoms with Crippen LogP contribution >= 0.6 is 11.6 Å². The van der Waals surface area contributed by atoms with Gasteiger partial charge in [0.25, 0.3) is 0 Å². The summed E-state index contributed by atoms with van der Waals surface area (Å²) >= 11 is 6.11. The van der Waals surface area contributed by atoms with Crippen molar-refractivity contribution in [1.82, 2.24) is 4.98 Å². The lowest BCUT2D eigenvalue weighted by atomic mass is 9.94. The Morgan fingerprint density at radius 1 is 1.57 bits per heavy atom. The number of alkyl halides is 1. The first-order valence-electron chi connectivity index (χ1n) is 4.83. The van der Waals surface area contributed by atoms with Crippen molar-refractivity contribution in [3.63, 3.8) is 0 Å². The number of ether oxygens (including phenoxy) is 1. The maximum absolute atomic E-state index is 6.11. The van der Waals surface area contributed by atoms with E-state index in [-0.39, 0.29) is 5.38 Å². The van der Waals surface area contributed by atoms with E-state index in [9.17, 15) is 0 Å². The van der Waals surface area contributed by atoms with Gasteiger partial charge in [-0.1, -0.05) is 6.92 Å². The summed E-state index contributed by atoms with van der Waals surface area (Å²) in [6.07, 6.45) is 2.79. The van der Waals surface area contributed by atoms with Crippen LogP contribution in [0.2, 0.25) is 0 Å². The molecule has 78 valence electrons. The summed E-state index contributed by atoms with van der Waals surface area (Å²) in [6.45, 7) is 4.15. The first kappa shape index (κ1) is 11.3. The quantitative estimate of drug-likeness (QED) is 0.717. The van der Waals surface area contributed by atoms with Gasteiger partial charge in [-0.15, -0.1) is 11.6 Å². The second-order valence-electron chi connectivity index (χ2n) is 3.32. The third-order valence-corrected chi connectivity index (χ3v) is 2.69. The van der Waals surface area contributed by atoms with Gasteiger partial charge in [-0.3, -0.25) is 0 Å². The van der Waals surface area contributed by atoms with E-state index in [0.29, 0.717) is 11.8 Å². The molecule has 1 aromatic rings. The minimum absolute atomic E-state index is 0.132. The second kappa shape index (κ2) is 5.20. The van der Waals surface area contributed by atoms with Crippen molar-refractivity contribution in [2.75, 3.05) is 7.11 Å². The van der Waals surface area contributed by atoms with Crippen molar-refractivity contribution < 1.29 is 4.74 Å². The normalized spacial score (nSPS) is 14.9. The number of methoxy groups -OCH3 is 1. The molecule has 0 aromatic carbocycles. The molecule has 2 unspecified atom stereocenters. The zero-order valence-corrected chi connectivity index (χ0v) is 9.58. The van der Waals surface area contributed by atoms with Gasteiger partial charge >= 0.3 is 0 Å². The van der Waals surface area contributed by atoms with Crippen molar-refractivity contribution in [2.45, 2.75) is 31.6 Å². The van der Waals surface area contributed by atoms with Crippen LogP contribution < -0.4 is 4.74 Å². The maximum Gasteiger partial charge on any atom is 0.213 e. The number of nitrogens with zero attached hydrogens (tertiary/aromatic N) is 1. The van der Waals surface area contributed by atoms with E-state index in [0.717, 1.165) is 6.42 Å². The third kappa shape index (κ3) is 2.61. The van der Waals surface area contributed by atoms with Gasteiger partial charge in [-0.2, -0.15) is 0 Å². The number of halogens is 1. The van der Waals surface area contributed by atoms with Crippen molar-refractivity contribution >= 4 is 11.6 Å². The molecule has 0 saturated heterocycles. The zero-order chi connectivity index (χ0) is 10.6. The van der Waals surface area contributed by atoms with Crippen LogP contribution in [0.3, 0.4) is 0 Å². The minimum atomic E-state index is 0.132. The van der Waals surface area contributed by atoms with Gasteiger partial charge < -0.3 is 4.74 Å². The Labute approximate surface area is 90.3 Å². The average Bonchev–Trinajstić information content (AvgIpc) is 2.19. The van der Waals surface area contributed by atoms with Crippen LogP contribution in [-0.4, -0.2) is 17.5 Å². The minimum Gasteiger partial charge on any atom is -0.481 e. The number of hydrogen-bond acceptors (Lipinski definition) is 2. The molecular formula is C11H16ClNO. The molecule has 2 nitrogen and oxygen atoms in total. The fraction of sp³-hybridized carbons (Fsp3) is 0.545. The van der Waals surface area contributed by atoms with Gasteiger partial charge in [0, 0.05) is 17.6 Å². The molecule has 0 amide bonds. The highest BCUT2D eigenvalue weighted by atomic mass is 35.5. The van der Waals surface area contributed by atoms with Gasteiger partial charge in [0.15, 0.2) is 0 Å². The van der Waals surface area contributed by atoms with Crippen molar-refractivity contribution in [1.29, 1.82) is 0 Å². The van der Waals surface area contributed by atoms with E-state index >= 15 is 0 Å². The molecule has 1 heterocycles. The predicted octanol–water partition coefficient (Wildman–Crippen LogP) is 3.21. The number of rotatable bonds is 4. The molecule has 3 heteroatoms. The Balaban J connectivity index is 2.92. The average molecular weight is 214 g/mol. The number of pyridine rings is 1. The topological polar surface area (TPSA) is 22.1 Å². The Bertz CT molecular complexity index is 288. The zero-order valence-electron chi connectivity index (χ0n) is 8.83. The van der Waals surface area contributed by atoms with Crippen molar-refractivity contribution in [3.05, 3.63) is 23.9 Å². The van der Waals surface area contributed by atoms with E-state index in [1.165, 1.54) is 5.56 Å². The lowest BCUT2D eigenvalue weighted by Gasteiger charge is -2.17. The Kier molecular flexibility index (Phi) is 4.21. The molecule has 14 heavy (non-hydrogen) atoms. The van der Waals surface area contributed by atoms with Crippen LogP contribution in [0.5, 0.6) is 5.88 Å². The summed E-state index contributed by atoms with van der Waals surface area (Å²) in [5.41, 5.74) is 1.20. The van der Waals surface area contributed by atoms with Crippen LogP contribution in [0.25, 0.3) is 0 Å². The van der Waals surface area contributed by atoms with Gasteiger partial charge in [-0.25, -0.2) is 4.98 Å². The lowest BCUT2D eigenvalue weighted by molar-refractivity contribution is 0.396. The molecule has 0 bridgehead atoms. The summed E-state index contributed by atoms with van der Waals surface area (Å²) in [4.78, 5) is 4.07. The van der Waals surface area contributed by atoms with Crippen LogP contribution in [-0.2, 0) is 0 Å². The molecule has 0 radical (unpaired) electrons. The van der Waals surface area contributed by atoms with E-state index < -0.39 is 0 Å². The van der Waals surface area contributed by atoms with Gasteiger partial charge in [0.05, 0.1) is 7.11 Å². The van der Waals surface area contributed by atoms with Crippen LogP contribution in [0.15, 0.2) is 18.3 Å². The number of aromatic nitrogens is 1. The highest BCUT2D eigenvalue weighted by Gasteiger charge is 2.15. The fourth-order valence-electron chi connectivity index (χ4n) is 1.59. The molecule has 1 aromatic heterocycles. The van der Waals surface area contributed by atoms with Crippen LogP contribution in [0, 0.1) is 0 Å². The summed E-state index contributed by atoms with van der Waals surface area (Å²) in [5, 5.41) is 0.132. The first-order chi connectivity index (χ1) is 6.69. The Hall–Kier alpha value is -0.760. The van der Waals surface area contributed by atoms with E-state index in [1.807, 2.05) is 19.1 Å². The molecule has 0 spiro atoms. The number of hydrogen-bond donors (Lipinski definition) is 0. The van der Waals surface area contributed by atoms with Crippen LogP contribution in [0.4, 0.5) is 0 Å². The van der Waals surface area contributed by atoms with E-state index in [2.05, 4.69) is 11.9 Å². The largest absolute Gasteiger partial charge is 0.481 e. The smallest absolute Gasteiger partial charge is 0.213 e. The fourth-order valence-corrected chi connectivity index (χ4v) is 1.92. The Morgan fingerprint density at radius 2 is 2.29 bits per heavy atom.